The first-order valence-corrected chi connectivity index (χ1v) is 8.79. The van der Waals surface area contributed by atoms with Crippen molar-refractivity contribution >= 4 is 40.8 Å². The Kier molecular flexibility index (Phi) is 7.99. The molecule has 0 aliphatic heterocycles. The van der Waals surface area contributed by atoms with Crippen LogP contribution in [0.4, 0.5) is 11.4 Å². The number of nitrogens with one attached hydrogen (secondary N) is 2. The lowest BCUT2D eigenvalue weighted by atomic mass is 10.1. The number of allylic oxidation sites excluding steroid dienone is 3. The average Bonchev–Trinajstić information content (AvgIpc) is 2.69. The maximum absolute atomic E-state index is 12.5. The van der Waals surface area contributed by atoms with Gasteiger partial charge in [0.1, 0.15) is 0 Å². The topological polar surface area (TPSA) is 84.5 Å². The first kappa shape index (κ1) is 20.9. The molecule has 2 N–H and O–H groups in total. The Labute approximate surface area is 167 Å². The van der Waals surface area contributed by atoms with E-state index in [1.54, 1.807) is 60.7 Å². The van der Waals surface area contributed by atoms with Crippen LogP contribution in [-0.2, 0) is 14.3 Å². The fourth-order valence-corrected chi connectivity index (χ4v) is 2.26. The Bertz CT molecular complexity index is 905. The highest BCUT2D eigenvalue weighted by atomic mass is 35.5. The molecule has 0 saturated heterocycles. The van der Waals surface area contributed by atoms with Crippen molar-refractivity contribution in [3.05, 3.63) is 83.4 Å². The summed E-state index contributed by atoms with van der Waals surface area (Å²) in [5.74, 6) is -1.59. The van der Waals surface area contributed by atoms with Crippen molar-refractivity contribution in [2.45, 2.75) is 6.92 Å². The second-order valence-corrected chi connectivity index (χ2v) is 5.98. The zero-order valence-electron chi connectivity index (χ0n) is 15.1. The number of ether oxygens (including phenoxy) is 1. The van der Waals surface area contributed by atoms with Crippen molar-refractivity contribution in [1.29, 1.82) is 0 Å². The van der Waals surface area contributed by atoms with Crippen molar-refractivity contribution in [2.24, 2.45) is 0 Å². The Balaban J connectivity index is 1.98. The maximum atomic E-state index is 12.5. The van der Waals surface area contributed by atoms with Gasteiger partial charge < -0.3 is 15.4 Å². The quantitative estimate of drug-likeness (QED) is 0.415. The first-order chi connectivity index (χ1) is 13.5. The molecule has 2 amide bonds. The van der Waals surface area contributed by atoms with Gasteiger partial charge in [-0.15, -0.1) is 0 Å². The largest absolute Gasteiger partial charge is 0.452 e. The van der Waals surface area contributed by atoms with E-state index < -0.39 is 24.4 Å². The molecule has 0 fully saturated rings. The number of anilines is 2. The molecule has 0 radical (unpaired) electrons. The number of halogens is 1. The highest BCUT2D eigenvalue weighted by molar-refractivity contribution is 6.30. The van der Waals surface area contributed by atoms with Gasteiger partial charge in [-0.05, 0) is 43.3 Å². The average molecular weight is 399 g/mol. The van der Waals surface area contributed by atoms with Gasteiger partial charge in [0, 0.05) is 16.8 Å². The lowest BCUT2D eigenvalue weighted by Crippen LogP contribution is -2.22. The normalized spacial score (nSPS) is 10.8. The van der Waals surface area contributed by atoms with Crippen LogP contribution in [0.1, 0.15) is 17.3 Å². The third-order valence-corrected chi connectivity index (χ3v) is 3.68. The highest BCUT2D eigenvalue weighted by Gasteiger charge is 2.14. The van der Waals surface area contributed by atoms with Crippen LogP contribution in [0.15, 0.2) is 72.8 Å². The molecule has 0 unspecified atom stereocenters. The van der Waals surface area contributed by atoms with Gasteiger partial charge in [0.25, 0.3) is 11.8 Å². The summed E-state index contributed by atoms with van der Waals surface area (Å²) in [5, 5.41) is 5.86. The summed E-state index contributed by atoms with van der Waals surface area (Å²) in [7, 11) is 0. The fourth-order valence-electron chi connectivity index (χ4n) is 2.14. The Morgan fingerprint density at radius 3 is 2.43 bits per heavy atom. The zero-order chi connectivity index (χ0) is 20.4. The van der Waals surface area contributed by atoms with Gasteiger partial charge in [-0.1, -0.05) is 42.0 Å². The molecule has 0 spiro atoms. The predicted octanol–water partition coefficient (Wildman–Crippen LogP) is 4.21. The van der Waals surface area contributed by atoms with E-state index in [4.69, 9.17) is 16.3 Å². The molecule has 144 valence electrons. The predicted molar refractivity (Wildman–Crippen MR) is 109 cm³/mol. The van der Waals surface area contributed by atoms with E-state index in [-0.39, 0.29) is 5.56 Å². The van der Waals surface area contributed by atoms with Gasteiger partial charge in [-0.25, -0.2) is 4.79 Å². The van der Waals surface area contributed by atoms with Crippen LogP contribution in [0.5, 0.6) is 0 Å². The van der Waals surface area contributed by atoms with Crippen LogP contribution in [0, 0.1) is 0 Å². The van der Waals surface area contributed by atoms with E-state index in [9.17, 15) is 14.4 Å². The second-order valence-electron chi connectivity index (χ2n) is 5.55. The zero-order valence-corrected chi connectivity index (χ0v) is 15.9. The number of carbonyl (C=O) groups is 3. The summed E-state index contributed by atoms with van der Waals surface area (Å²) in [6.45, 7) is 1.34. The van der Waals surface area contributed by atoms with Crippen molar-refractivity contribution in [3.8, 4) is 0 Å². The maximum Gasteiger partial charge on any atom is 0.331 e. The number of carbonyl (C=O) groups excluding carboxylic acids is 3. The van der Waals surface area contributed by atoms with Gasteiger partial charge in [-0.3, -0.25) is 9.59 Å². The fraction of sp³-hybridized carbons (Fsp3) is 0.0952. The Morgan fingerprint density at radius 2 is 1.71 bits per heavy atom. The van der Waals surface area contributed by atoms with Crippen LogP contribution in [0.2, 0.25) is 5.02 Å². The van der Waals surface area contributed by atoms with E-state index in [2.05, 4.69) is 10.6 Å². The molecule has 0 heterocycles. The number of rotatable bonds is 7. The monoisotopic (exact) mass is 398 g/mol. The molecule has 2 aromatic rings. The van der Waals surface area contributed by atoms with Crippen LogP contribution in [0.3, 0.4) is 0 Å². The smallest absolute Gasteiger partial charge is 0.331 e. The minimum absolute atomic E-state index is 0.269. The number of benzene rings is 2. The van der Waals surface area contributed by atoms with Gasteiger partial charge >= 0.3 is 5.97 Å². The lowest BCUT2D eigenvalue weighted by molar-refractivity contribution is -0.142. The highest BCUT2D eigenvalue weighted by Crippen LogP contribution is 2.19. The number of hydrogen-bond acceptors (Lipinski definition) is 4. The Morgan fingerprint density at radius 1 is 1.00 bits per heavy atom. The molecule has 0 aliphatic rings. The van der Waals surface area contributed by atoms with Crippen LogP contribution in [0.25, 0.3) is 0 Å². The molecular formula is C21H19ClN2O4. The summed E-state index contributed by atoms with van der Waals surface area (Å²) in [4.78, 5) is 36.0. The number of esters is 1. The van der Waals surface area contributed by atoms with Crippen LogP contribution in [-0.4, -0.2) is 24.4 Å². The van der Waals surface area contributed by atoms with Crippen LogP contribution < -0.4 is 10.6 Å². The van der Waals surface area contributed by atoms with Gasteiger partial charge in [-0.2, -0.15) is 0 Å². The van der Waals surface area contributed by atoms with E-state index in [0.29, 0.717) is 16.4 Å². The lowest BCUT2D eigenvalue weighted by Gasteiger charge is -2.11. The Hall–Kier alpha value is -3.38. The summed E-state index contributed by atoms with van der Waals surface area (Å²) in [6, 6.07) is 13.2. The van der Waals surface area contributed by atoms with Crippen molar-refractivity contribution < 1.29 is 19.1 Å². The first-order valence-electron chi connectivity index (χ1n) is 8.41. The van der Waals surface area contributed by atoms with Gasteiger partial charge in [0.05, 0.1) is 11.3 Å². The molecule has 28 heavy (non-hydrogen) atoms. The summed E-state index contributed by atoms with van der Waals surface area (Å²) in [6.07, 6.45) is 6.14. The van der Waals surface area contributed by atoms with E-state index in [1.807, 2.05) is 6.92 Å². The molecule has 2 rings (SSSR count). The van der Waals surface area contributed by atoms with Gasteiger partial charge in [0.2, 0.25) is 0 Å². The van der Waals surface area contributed by atoms with Gasteiger partial charge in [0.15, 0.2) is 6.61 Å². The number of para-hydroxylation sites is 1. The van der Waals surface area contributed by atoms with Crippen molar-refractivity contribution in [2.75, 3.05) is 17.2 Å². The molecule has 0 aliphatic carbocycles. The van der Waals surface area contributed by atoms with E-state index >= 15 is 0 Å². The molecular weight excluding hydrogens is 380 g/mol. The van der Waals surface area contributed by atoms with E-state index in [1.165, 1.54) is 12.2 Å². The van der Waals surface area contributed by atoms with Crippen LogP contribution >= 0.6 is 11.6 Å². The summed E-state index contributed by atoms with van der Waals surface area (Å²) in [5.41, 5.74) is 1.14. The third-order valence-electron chi connectivity index (χ3n) is 3.43. The molecule has 0 bridgehead atoms. The molecule has 7 heteroatoms. The minimum atomic E-state index is -0.637. The minimum Gasteiger partial charge on any atom is -0.452 e. The molecule has 2 aromatic carbocycles. The molecule has 6 nitrogen and oxygen atoms in total. The number of hydrogen-bond donors (Lipinski definition) is 2. The van der Waals surface area contributed by atoms with E-state index in [0.717, 1.165) is 0 Å². The molecule has 0 saturated carbocycles. The second kappa shape index (κ2) is 10.7. The molecule has 0 aromatic heterocycles. The van der Waals surface area contributed by atoms with Crippen molar-refractivity contribution in [3.63, 3.8) is 0 Å². The van der Waals surface area contributed by atoms with Crippen molar-refractivity contribution in [1.82, 2.24) is 0 Å². The summed E-state index contributed by atoms with van der Waals surface area (Å²) >= 11 is 5.83. The molecule has 0 atom stereocenters. The standard InChI is InChI=1S/C21H19ClN2O4/c1-2-3-4-9-20(26)28-14-19(25)24-18-8-6-5-7-17(18)21(27)23-16-12-10-15(22)11-13-16/h2-13H,14H2,1H3,(H,23,27)(H,24,25)/b3-2+,9-4+. The third kappa shape index (κ3) is 6.74. The summed E-state index contributed by atoms with van der Waals surface area (Å²) < 4.78 is 4.85. The SMILES string of the molecule is C/C=C/C=C/C(=O)OCC(=O)Nc1ccccc1C(=O)Nc1ccc(Cl)cc1. The number of amides is 2.